The molecule has 86 valence electrons. The second kappa shape index (κ2) is 7.99. The van der Waals surface area contributed by atoms with Crippen LogP contribution in [0.1, 0.15) is 19.8 Å². The Morgan fingerprint density at radius 2 is 1.87 bits per heavy atom. The Balaban J connectivity index is 3.52. The molecule has 5 nitrogen and oxygen atoms in total. The zero-order valence-electron chi connectivity index (χ0n) is 8.77. The van der Waals surface area contributed by atoms with Gasteiger partial charge in [0.1, 0.15) is 13.2 Å². The maximum atomic E-state index is 11.0. The summed E-state index contributed by atoms with van der Waals surface area (Å²) in [7, 11) is 0. The second-order valence-electron chi connectivity index (χ2n) is 3.00. The molecule has 0 saturated carbocycles. The largest absolute Gasteiger partial charge is 0.463 e. The third-order valence-electron chi connectivity index (χ3n) is 1.38. The Hall–Kier alpha value is -1.36. The molecule has 0 fully saturated rings. The van der Waals surface area contributed by atoms with E-state index in [1.165, 1.54) is 13.0 Å². The zero-order valence-corrected chi connectivity index (χ0v) is 8.77. The second-order valence-corrected chi connectivity index (χ2v) is 3.00. The van der Waals surface area contributed by atoms with Crippen molar-refractivity contribution in [2.45, 2.75) is 25.9 Å². The number of hydrogen-bond acceptors (Lipinski definition) is 5. The fourth-order valence-corrected chi connectivity index (χ4v) is 0.714. The predicted octanol–water partition coefficient (Wildman–Crippen LogP) is 0.420. The highest BCUT2D eigenvalue weighted by Gasteiger charge is 2.09. The summed E-state index contributed by atoms with van der Waals surface area (Å²) in [6.07, 6.45) is 0.695. The van der Waals surface area contributed by atoms with Gasteiger partial charge < -0.3 is 14.6 Å². The van der Waals surface area contributed by atoms with Crippen molar-refractivity contribution in [2.75, 3.05) is 13.2 Å². The highest BCUT2D eigenvalue weighted by Crippen LogP contribution is 1.96. The third kappa shape index (κ3) is 8.96. The molecule has 0 aromatic rings. The number of hydrogen-bond donors (Lipinski definition) is 1. The smallest absolute Gasteiger partial charge is 0.306 e. The molecule has 0 heterocycles. The van der Waals surface area contributed by atoms with E-state index in [1.807, 2.05) is 0 Å². The minimum Gasteiger partial charge on any atom is -0.463 e. The Bertz CT molecular complexity index is 222. The van der Waals surface area contributed by atoms with E-state index in [4.69, 9.17) is 5.11 Å². The van der Waals surface area contributed by atoms with Crippen LogP contribution >= 0.6 is 0 Å². The number of aliphatic hydroxyl groups excluding tert-OH is 1. The maximum absolute atomic E-state index is 11.0. The van der Waals surface area contributed by atoms with Crippen LogP contribution in [0.5, 0.6) is 0 Å². The number of ether oxygens (including phenoxy) is 2. The predicted molar refractivity (Wildman–Crippen MR) is 53.0 cm³/mol. The van der Waals surface area contributed by atoms with E-state index in [-0.39, 0.29) is 26.1 Å². The molecule has 1 atom stereocenters. The minimum atomic E-state index is -0.693. The van der Waals surface area contributed by atoms with Gasteiger partial charge in [0.25, 0.3) is 0 Å². The first-order valence-electron chi connectivity index (χ1n) is 4.66. The fraction of sp³-hybridized carbons (Fsp3) is 0.600. The van der Waals surface area contributed by atoms with Crippen molar-refractivity contribution in [1.29, 1.82) is 0 Å². The molecule has 0 aromatic carbocycles. The molecule has 15 heavy (non-hydrogen) atoms. The van der Waals surface area contributed by atoms with Gasteiger partial charge in [-0.15, -0.1) is 0 Å². The Kier molecular flexibility index (Phi) is 7.27. The molecule has 0 rings (SSSR count). The molecular formula is C10H16O5. The third-order valence-corrected chi connectivity index (χ3v) is 1.38. The van der Waals surface area contributed by atoms with Crippen LogP contribution in [0.3, 0.4) is 0 Å². The summed E-state index contributed by atoms with van der Waals surface area (Å²) in [5, 5.41) is 8.81. The highest BCUT2D eigenvalue weighted by atomic mass is 16.5. The van der Waals surface area contributed by atoms with Crippen LogP contribution in [-0.4, -0.2) is 36.4 Å². The highest BCUT2D eigenvalue weighted by molar-refractivity contribution is 5.77. The molecule has 0 aliphatic rings. The number of rotatable bonds is 7. The molecule has 1 unspecified atom stereocenters. The van der Waals surface area contributed by atoms with E-state index < -0.39 is 18.0 Å². The van der Waals surface area contributed by atoms with Crippen molar-refractivity contribution in [3.8, 4) is 0 Å². The van der Waals surface area contributed by atoms with E-state index in [0.29, 0.717) is 0 Å². The van der Waals surface area contributed by atoms with Crippen LogP contribution in [0.15, 0.2) is 12.7 Å². The molecule has 0 aliphatic carbocycles. The van der Waals surface area contributed by atoms with Crippen LogP contribution in [0.4, 0.5) is 0 Å². The van der Waals surface area contributed by atoms with Crippen LogP contribution in [0.2, 0.25) is 0 Å². The monoisotopic (exact) mass is 216 g/mol. The van der Waals surface area contributed by atoms with Gasteiger partial charge in [-0.2, -0.15) is 0 Å². The lowest BCUT2D eigenvalue weighted by molar-refractivity contribution is -0.151. The van der Waals surface area contributed by atoms with Gasteiger partial charge in [-0.1, -0.05) is 12.7 Å². The van der Waals surface area contributed by atoms with Crippen molar-refractivity contribution in [2.24, 2.45) is 0 Å². The topological polar surface area (TPSA) is 72.8 Å². The molecule has 0 aromatic heterocycles. The summed E-state index contributed by atoms with van der Waals surface area (Å²) in [6.45, 7) is 4.97. The summed E-state index contributed by atoms with van der Waals surface area (Å²) < 4.78 is 9.29. The van der Waals surface area contributed by atoms with E-state index in [9.17, 15) is 9.59 Å². The number of aliphatic hydroxyl groups is 1. The van der Waals surface area contributed by atoms with E-state index in [0.717, 1.165) is 0 Å². The molecule has 0 saturated heterocycles. The van der Waals surface area contributed by atoms with Crippen molar-refractivity contribution in [3.05, 3.63) is 12.7 Å². The average molecular weight is 216 g/mol. The maximum Gasteiger partial charge on any atom is 0.306 e. The SMILES string of the molecule is C=CCOC(=O)CCC(=O)OCC(C)O. The zero-order chi connectivity index (χ0) is 11.7. The lowest BCUT2D eigenvalue weighted by Crippen LogP contribution is -2.16. The lowest BCUT2D eigenvalue weighted by atomic mass is 10.3. The lowest BCUT2D eigenvalue weighted by Gasteiger charge is -2.06. The Morgan fingerprint density at radius 1 is 1.33 bits per heavy atom. The number of carbonyl (C=O) groups is 2. The molecule has 0 bridgehead atoms. The molecule has 0 radical (unpaired) electrons. The molecule has 1 N–H and O–H groups in total. The van der Waals surface area contributed by atoms with Crippen LogP contribution < -0.4 is 0 Å². The molecule has 0 spiro atoms. The van der Waals surface area contributed by atoms with Crippen molar-refractivity contribution < 1.29 is 24.2 Å². The standard InChI is InChI=1S/C10H16O5/c1-3-6-14-9(12)4-5-10(13)15-7-8(2)11/h3,8,11H,1,4-7H2,2H3. The summed E-state index contributed by atoms with van der Waals surface area (Å²) in [4.78, 5) is 21.9. The van der Waals surface area contributed by atoms with Gasteiger partial charge in [-0.3, -0.25) is 9.59 Å². The van der Waals surface area contributed by atoms with Crippen molar-refractivity contribution in [1.82, 2.24) is 0 Å². The van der Waals surface area contributed by atoms with Gasteiger partial charge in [0, 0.05) is 0 Å². The fourth-order valence-electron chi connectivity index (χ4n) is 0.714. The van der Waals surface area contributed by atoms with Crippen LogP contribution in [-0.2, 0) is 19.1 Å². The summed E-state index contributed by atoms with van der Waals surface area (Å²) in [5.74, 6) is -0.990. The summed E-state index contributed by atoms with van der Waals surface area (Å²) in [5.41, 5.74) is 0. The number of carbonyl (C=O) groups excluding carboxylic acids is 2. The first-order valence-corrected chi connectivity index (χ1v) is 4.66. The Morgan fingerprint density at radius 3 is 2.33 bits per heavy atom. The molecule has 0 aliphatic heterocycles. The van der Waals surface area contributed by atoms with Gasteiger partial charge in [-0.05, 0) is 6.92 Å². The van der Waals surface area contributed by atoms with Gasteiger partial charge in [0.2, 0.25) is 0 Å². The van der Waals surface area contributed by atoms with Crippen LogP contribution in [0.25, 0.3) is 0 Å². The molecular weight excluding hydrogens is 200 g/mol. The van der Waals surface area contributed by atoms with E-state index >= 15 is 0 Å². The minimum absolute atomic E-state index is 0.0213. The number of esters is 2. The summed E-state index contributed by atoms with van der Waals surface area (Å²) >= 11 is 0. The van der Waals surface area contributed by atoms with E-state index in [2.05, 4.69) is 16.1 Å². The quantitative estimate of drug-likeness (QED) is 0.493. The van der Waals surface area contributed by atoms with Crippen molar-refractivity contribution >= 4 is 11.9 Å². The molecule has 5 heteroatoms. The van der Waals surface area contributed by atoms with Crippen molar-refractivity contribution in [3.63, 3.8) is 0 Å². The van der Waals surface area contributed by atoms with Crippen LogP contribution in [0, 0.1) is 0 Å². The van der Waals surface area contributed by atoms with E-state index in [1.54, 1.807) is 0 Å². The van der Waals surface area contributed by atoms with Gasteiger partial charge in [-0.25, -0.2) is 0 Å². The van der Waals surface area contributed by atoms with Gasteiger partial charge >= 0.3 is 11.9 Å². The first-order chi connectivity index (χ1) is 7.06. The normalized spacial score (nSPS) is 11.6. The summed E-state index contributed by atoms with van der Waals surface area (Å²) in [6, 6.07) is 0. The van der Waals surface area contributed by atoms with Gasteiger partial charge in [0.15, 0.2) is 0 Å². The Labute approximate surface area is 88.7 Å². The average Bonchev–Trinajstić information content (AvgIpc) is 2.20. The molecule has 0 amide bonds. The first kappa shape index (κ1) is 13.6. The van der Waals surface area contributed by atoms with Gasteiger partial charge in [0.05, 0.1) is 18.9 Å².